The molecule has 2 aromatic rings. The molecule has 0 radical (unpaired) electrons. The van der Waals surface area contributed by atoms with Crippen LogP contribution in [0.4, 0.5) is 0 Å². The zero-order valence-corrected chi connectivity index (χ0v) is 16.1. The summed E-state index contributed by atoms with van der Waals surface area (Å²) in [6, 6.07) is 6.06. The average Bonchev–Trinajstić information content (AvgIpc) is 2.89. The SMILES string of the molecule is CC(C)C(=O)N1CCCN(C(=O)c2ccc3c(c2)ncn3C(C)C)CC1. The van der Waals surface area contributed by atoms with Gasteiger partial charge in [-0.1, -0.05) is 13.8 Å². The van der Waals surface area contributed by atoms with E-state index in [9.17, 15) is 9.59 Å². The number of hydrogen-bond donors (Lipinski definition) is 0. The van der Waals surface area contributed by atoms with Crippen molar-refractivity contribution < 1.29 is 9.59 Å². The maximum atomic E-state index is 12.9. The van der Waals surface area contributed by atoms with Crippen LogP contribution in [0.1, 0.15) is 50.5 Å². The van der Waals surface area contributed by atoms with Crippen molar-refractivity contribution in [1.82, 2.24) is 19.4 Å². The topological polar surface area (TPSA) is 58.4 Å². The van der Waals surface area contributed by atoms with Gasteiger partial charge in [-0.2, -0.15) is 0 Å². The summed E-state index contributed by atoms with van der Waals surface area (Å²) in [7, 11) is 0. The molecule has 26 heavy (non-hydrogen) atoms. The van der Waals surface area contributed by atoms with Gasteiger partial charge in [-0.15, -0.1) is 0 Å². The molecule has 1 saturated heterocycles. The lowest BCUT2D eigenvalue weighted by Gasteiger charge is -2.23. The summed E-state index contributed by atoms with van der Waals surface area (Å²) in [6.45, 7) is 10.6. The number of benzene rings is 1. The molecule has 1 aromatic carbocycles. The first-order valence-corrected chi connectivity index (χ1v) is 9.43. The van der Waals surface area contributed by atoms with Crippen LogP contribution in [0.5, 0.6) is 0 Å². The highest BCUT2D eigenvalue weighted by Gasteiger charge is 2.24. The molecule has 1 aliphatic heterocycles. The summed E-state index contributed by atoms with van der Waals surface area (Å²) >= 11 is 0. The van der Waals surface area contributed by atoms with Crippen molar-refractivity contribution >= 4 is 22.8 Å². The molecule has 6 nitrogen and oxygen atoms in total. The Morgan fingerprint density at radius 3 is 2.38 bits per heavy atom. The molecule has 0 spiro atoms. The first kappa shape index (κ1) is 18.4. The number of imidazole rings is 1. The third-order valence-corrected chi connectivity index (χ3v) is 4.97. The third-order valence-electron chi connectivity index (χ3n) is 4.97. The van der Waals surface area contributed by atoms with E-state index >= 15 is 0 Å². The van der Waals surface area contributed by atoms with Crippen molar-refractivity contribution in [2.75, 3.05) is 26.2 Å². The molecule has 140 valence electrons. The fourth-order valence-corrected chi connectivity index (χ4v) is 3.46. The number of aromatic nitrogens is 2. The van der Waals surface area contributed by atoms with Crippen LogP contribution < -0.4 is 0 Å². The second kappa shape index (κ2) is 7.48. The number of nitrogens with zero attached hydrogens (tertiary/aromatic N) is 4. The van der Waals surface area contributed by atoms with E-state index in [2.05, 4.69) is 23.4 Å². The maximum Gasteiger partial charge on any atom is 0.253 e. The third kappa shape index (κ3) is 3.59. The molecule has 3 rings (SSSR count). The van der Waals surface area contributed by atoms with Crippen molar-refractivity contribution in [3.8, 4) is 0 Å². The molecule has 0 aliphatic carbocycles. The molecule has 2 amide bonds. The highest BCUT2D eigenvalue weighted by atomic mass is 16.2. The molecule has 0 atom stereocenters. The van der Waals surface area contributed by atoms with Crippen LogP contribution in [-0.2, 0) is 4.79 Å². The van der Waals surface area contributed by atoms with Gasteiger partial charge in [-0.25, -0.2) is 4.98 Å². The van der Waals surface area contributed by atoms with Crippen LogP contribution in [0.15, 0.2) is 24.5 Å². The van der Waals surface area contributed by atoms with Crippen molar-refractivity contribution in [1.29, 1.82) is 0 Å². The van der Waals surface area contributed by atoms with Crippen LogP contribution >= 0.6 is 0 Å². The van der Waals surface area contributed by atoms with E-state index in [4.69, 9.17) is 0 Å². The van der Waals surface area contributed by atoms with Crippen molar-refractivity contribution in [2.24, 2.45) is 5.92 Å². The van der Waals surface area contributed by atoms with E-state index in [0.29, 0.717) is 31.2 Å². The number of carbonyl (C=O) groups excluding carboxylic acids is 2. The Kier molecular flexibility index (Phi) is 5.30. The van der Waals surface area contributed by atoms with Gasteiger partial charge in [0.05, 0.1) is 17.4 Å². The predicted octanol–water partition coefficient (Wildman–Crippen LogP) is 2.95. The minimum absolute atomic E-state index is 0.00396. The van der Waals surface area contributed by atoms with Gasteiger partial charge >= 0.3 is 0 Å². The predicted molar refractivity (Wildman–Crippen MR) is 102 cm³/mol. The standard InChI is InChI=1S/C20H28N4O2/c1-14(2)19(25)22-8-5-9-23(11-10-22)20(26)16-6-7-18-17(12-16)21-13-24(18)15(3)4/h6-7,12-15H,5,8-11H2,1-4H3. The van der Waals surface area contributed by atoms with Gasteiger partial charge in [0.15, 0.2) is 0 Å². The molecule has 0 saturated carbocycles. The Hall–Kier alpha value is -2.37. The van der Waals surface area contributed by atoms with E-state index in [0.717, 1.165) is 24.0 Å². The largest absolute Gasteiger partial charge is 0.341 e. The monoisotopic (exact) mass is 356 g/mol. The van der Waals surface area contributed by atoms with Crippen LogP contribution in [0.3, 0.4) is 0 Å². The zero-order chi connectivity index (χ0) is 18.8. The first-order valence-electron chi connectivity index (χ1n) is 9.43. The van der Waals surface area contributed by atoms with E-state index in [1.54, 1.807) is 0 Å². The smallest absolute Gasteiger partial charge is 0.253 e. The quantitative estimate of drug-likeness (QED) is 0.849. The van der Waals surface area contributed by atoms with E-state index in [-0.39, 0.29) is 17.7 Å². The lowest BCUT2D eigenvalue weighted by atomic mass is 10.1. The van der Waals surface area contributed by atoms with Crippen molar-refractivity contribution in [3.05, 3.63) is 30.1 Å². The van der Waals surface area contributed by atoms with Gasteiger partial charge in [-0.05, 0) is 38.5 Å². The van der Waals surface area contributed by atoms with Crippen molar-refractivity contribution in [3.63, 3.8) is 0 Å². The Balaban J connectivity index is 1.75. The molecule has 0 bridgehead atoms. The van der Waals surface area contributed by atoms with Crippen LogP contribution in [0.25, 0.3) is 11.0 Å². The van der Waals surface area contributed by atoms with Gasteiger partial charge in [0.1, 0.15) is 0 Å². The molecule has 1 aliphatic rings. The molecule has 1 fully saturated rings. The number of rotatable bonds is 3. The summed E-state index contributed by atoms with van der Waals surface area (Å²) in [5.74, 6) is 0.181. The van der Waals surface area contributed by atoms with E-state index < -0.39 is 0 Å². The minimum atomic E-state index is -0.00396. The molecule has 0 N–H and O–H groups in total. The van der Waals surface area contributed by atoms with Gasteiger partial charge in [0.2, 0.25) is 5.91 Å². The Morgan fingerprint density at radius 2 is 1.69 bits per heavy atom. The van der Waals surface area contributed by atoms with Crippen LogP contribution in [-0.4, -0.2) is 57.3 Å². The highest BCUT2D eigenvalue weighted by molar-refractivity contribution is 5.97. The highest BCUT2D eigenvalue weighted by Crippen LogP contribution is 2.20. The summed E-state index contributed by atoms with van der Waals surface area (Å²) < 4.78 is 2.10. The summed E-state index contributed by atoms with van der Waals surface area (Å²) in [5.41, 5.74) is 2.55. The first-order chi connectivity index (χ1) is 12.4. The zero-order valence-electron chi connectivity index (χ0n) is 16.1. The fraction of sp³-hybridized carbons (Fsp3) is 0.550. The van der Waals surface area contributed by atoms with Crippen molar-refractivity contribution in [2.45, 2.75) is 40.2 Å². The van der Waals surface area contributed by atoms with E-state index in [1.807, 2.05) is 48.2 Å². The Morgan fingerprint density at radius 1 is 1.00 bits per heavy atom. The maximum absolute atomic E-state index is 12.9. The number of carbonyl (C=O) groups is 2. The molecule has 6 heteroatoms. The van der Waals surface area contributed by atoms with Crippen LogP contribution in [0, 0.1) is 5.92 Å². The molecular weight excluding hydrogens is 328 g/mol. The van der Waals surface area contributed by atoms with Gasteiger partial charge in [-0.3, -0.25) is 9.59 Å². The summed E-state index contributed by atoms with van der Waals surface area (Å²) in [6.07, 6.45) is 2.64. The molecule has 0 unspecified atom stereocenters. The molecule has 1 aromatic heterocycles. The summed E-state index contributed by atoms with van der Waals surface area (Å²) in [5, 5.41) is 0. The Labute approximate surface area is 154 Å². The number of amides is 2. The molecule has 2 heterocycles. The van der Waals surface area contributed by atoms with Gasteiger partial charge < -0.3 is 14.4 Å². The second-order valence-corrected chi connectivity index (χ2v) is 7.57. The normalized spacial score (nSPS) is 15.8. The van der Waals surface area contributed by atoms with E-state index in [1.165, 1.54) is 0 Å². The van der Waals surface area contributed by atoms with Gasteiger partial charge in [0.25, 0.3) is 5.91 Å². The average molecular weight is 356 g/mol. The second-order valence-electron chi connectivity index (χ2n) is 7.57. The lowest BCUT2D eigenvalue weighted by Crippen LogP contribution is -2.38. The summed E-state index contributed by atoms with van der Waals surface area (Å²) in [4.78, 5) is 33.3. The fourth-order valence-electron chi connectivity index (χ4n) is 3.46. The molecular formula is C20H28N4O2. The van der Waals surface area contributed by atoms with Gasteiger partial charge in [0, 0.05) is 43.7 Å². The Bertz CT molecular complexity index is 809. The number of fused-ring (bicyclic) bond motifs is 1. The lowest BCUT2D eigenvalue weighted by molar-refractivity contribution is -0.134. The number of hydrogen-bond acceptors (Lipinski definition) is 3. The minimum Gasteiger partial charge on any atom is -0.341 e. The van der Waals surface area contributed by atoms with Crippen LogP contribution in [0.2, 0.25) is 0 Å².